The summed E-state index contributed by atoms with van der Waals surface area (Å²) in [7, 11) is 0. The minimum absolute atomic E-state index is 0.337. The van der Waals surface area contributed by atoms with Crippen molar-refractivity contribution in [3.8, 4) is 0 Å². The number of nitrogens with one attached hydrogen (secondary N) is 1. The molecule has 5 unspecified atom stereocenters. The lowest BCUT2D eigenvalue weighted by Gasteiger charge is -2.56. The molecule has 3 nitrogen and oxygen atoms in total. The molecule has 0 spiro atoms. The van der Waals surface area contributed by atoms with E-state index in [1.807, 2.05) is 0 Å². The summed E-state index contributed by atoms with van der Waals surface area (Å²) in [6, 6.07) is 2.25. The molecule has 3 saturated heterocycles. The molecule has 4 fully saturated rings. The SMILES string of the molecule is CC1(C)C(NC2CCN3CCCCC23)C2CCOC21. The maximum atomic E-state index is 5.92. The Morgan fingerprint density at radius 2 is 2.00 bits per heavy atom. The Hall–Kier alpha value is -0.120. The fraction of sp³-hybridized carbons (Fsp3) is 1.00. The third-order valence-electron chi connectivity index (χ3n) is 6.35. The van der Waals surface area contributed by atoms with E-state index in [9.17, 15) is 0 Å². The Morgan fingerprint density at radius 1 is 1.11 bits per heavy atom. The molecular formula is C16H28N2O. The van der Waals surface area contributed by atoms with Crippen LogP contribution in [0.25, 0.3) is 0 Å². The highest BCUT2D eigenvalue weighted by Crippen LogP contribution is 2.52. The molecule has 0 radical (unpaired) electrons. The first-order chi connectivity index (χ1) is 9.18. The topological polar surface area (TPSA) is 24.5 Å². The number of nitrogens with zero attached hydrogens (tertiary/aromatic N) is 1. The van der Waals surface area contributed by atoms with Crippen LogP contribution in [0.2, 0.25) is 0 Å². The van der Waals surface area contributed by atoms with Crippen LogP contribution < -0.4 is 5.32 Å². The molecule has 1 saturated carbocycles. The maximum absolute atomic E-state index is 5.92. The number of fused-ring (bicyclic) bond motifs is 2. The van der Waals surface area contributed by atoms with Crippen LogP contribution in [0.1, 0.15) is 46.0 Å². The van der Waals surface area contributed by atoms with Crippen molar-refractivity contribution >= 4 is 0 Å². The van der Waals surface area contributed by atoms with E-state index in [0.29, 0.717) is 17.6 Å². The zero-order valence-electron chi connectivity index (χ0n) is 12.4. The molecule has 19 heavy (non-hydrogen) atoms. The summed E-state index contributed by atoms with van der Waals surface area (Å²) < 4.78 is 5.92. The van der Waals surface area contributed by atoms with Gasteiger partial charge in [-0.2, -0.15) is 0 Å². The molecule has 4 aliphatic rings. The standard InChI is InChI=1S/C16H28N2O/c1-16(2)14(11-7-10-19-15(11)16)17-12-6-9-18-8-4-3-5-13(12)18/h11-15,17H,3-10H2,1-2H3. The van der Waals surface area contributed by atoms with Crippen LogP contribution in [0.3, 0.4) is 0 Å². The van der Waals surface area contributed by atoms with E-state index in [2.05, 4.69) is 24.1 Å². The molecular weight excluding hydrogens is 236 g/mol. The summed E-state index contributed by atoms with van der Waals surface area (Å²) in [6.07, 6.45) is 7.41. The van der Waals surface area contributed by atoms with Gasteiger partial charge in [0.15, 0.2) is 0 Å². The van der Waals surface area contributed by atoms with Gasteiger partial charge >= 0.3 is 0 Å². The first kappa shape index (κ1) is 12.6. The predicted molar refractivity (Wildman–Crippen MR) is 76.2 cm³/mol. The second kappa shape index (κ2) is 4.44. The maximum Gasteiger partial charge on any atom is 0.0685 e. The molecule has 3 aliphatic heterocycles. The zero-order valence-corrected chi connectivity index (χ0v) is 12.4. The summed E-state index contributed by atoms with van der Waals surface area (Å²) in [5.74, 6) is 0.785. The number of piperidine rings is 1. The normalized spacial score (nSPS) is 48.6. The van der Waals surface area contributed by atoms with E-state index in [-0.39, 0.29) is 0 Å². The molecule has 3 heteroatoms. The van der Waals surface area contributed by atoms with Gasteiger partial charge < -0.3 is 10.1 Å². The summed E-state index contributed by atoms with van der Waals surface area (Å²) >= 11 is 0. The third-order valence-corrected chi connectivity index (χ3v) is 6.35. The van der Waals surface area contributed by atoms with Crippen molar-refractivity contribution in [3.63, 3.8) is 0 Å². The average Bonchev–Trinajstić information content (AvgIpc) is 3.01. The number of rotatable bonds is 2. The van der Waals surface area contributed by atoms with Gasteiger partial charge in [0.1, 0.15) is 0 Å². The molecule has 108 valence electrons. The van der Waals surface area contributed by atoms with Crippen LogP contribution in [0.5, 0.6) is 0 Å². The first-order valence-corrected chi connectivity index (χ1v) is 8.29. The minimum atomic E-state index is 0.337. The molecule has 3 heterocycles. The van der Waals surface area contributed by atoms with E-state index in [4.69, 9.17) is 4.74 Å². The Morgan fingerprint density at radius 3 is 2.89 bits per heavy atom. The van der Waals surface area contributed by atoms with Crippen molar-refractivity contribution in [2.75, 3.05) is 19.7 Å². The lowest BCUT2D eigenvalue weighted by atomic mass is 9.57. The van der Waals surface area contributed by atoms with E-state index in [0.717, 1.165) is 24.6 Å². The minimum Gasteiger partial charge on any atom is -0.377 e. The quantitative estimate of drug-likeness (QED) is 0.826. The number of ether oxygens (including phenoxy) is 1. The molecule has 0 aromatic rings. The summed E-state index contributed by atoms with van der Waals surface area (Å²) in [6.45, 7) is 8.43. The van der Waals surface area contributed by atoms with Crippen molar-refractivity contribution in [1.82, 2.24) is 10.2 Å². The molecule has 1 aliphatic carbocycles. The molecule has 0 aromatic carbocycles. The fourth-order valence-electron chi connectivity index (χ4n) is 5.33. The zero-order chi connectivity index (χ0) is 13.0. The Labute approximate surface area is 117 Å². The fourth-order valence-corrected chi connectivity index (χ4v) is 5.33. The molecule has 5 atom stereocenters. The van der Waals surface area contributed by atoms with Crippen LogP contribution in [-0.2, 0) is 4.74 Å². The highest BCUT2D eigenvalue weighted by Gasteiger charge is 2.60. The van der Waals surface area contributed by atoms with E-state index in [1.165, 1.54) is 45.2 Å². The predicted octanol–water partition coefficient (Wildman–Crippen LogP) is 2.02. The molecule has 0 bridgehead atoms. The second-order valence-corrected chi connectivity index (χ2v) is 7.70. The number of hydrogen-bond acceptors (Lipinski definition) is 3. The van der Waals surface area contributed by atoms with Crippen LogP contribution in [-0.4, -0.2) is 48.8 Å². The lowest BCUT2D eigenvalue weighted by molar-refractivity contribution is -0.116. The smallest absolute Gasteiger partial charge is 0.0685 e. The second-order valence-electron chi connectivity index (χ2n) is 7.70. The molecule has 0 amide bonds. The summed E-state index contributed by atoms with van der Waals surface area (Å²) in [4.78, 5) is 2.73. The molecule has 1 N–H and O–H groups in total. The Bertz CT molecular complexity index is 357. The van der Waals surface area contributed by atoms with Crippen molar-refractivity contribution in [2.45, 2.75) is 70.2 Å². The van der Waals surface area contributed by atoms with E-state index in [1.54, 1.807) is 0 Å². The largest absolute Gasteiger partial charge is 0.377 e. The highest BCUT2D eigenvalue weighted by molar-refractivity contribution is 5.13. The van der Waals surface area contributed by atoms with Gasteiger partial charge in [-0.1, -0.05) is 20.3 Å². The summed E-state index contributed by atoms with van der Waals surface area (Å²) in [5, 5.41) is 4.05. The van der Waals surface area contributed by atoms with E-state index < -0.39 is 0 Å². The van der Waals surface area contributed by atoms with Crippen LogP contribution >= 0.6 is 0 Å². The van der Waals surface area contributed by atoms with Gasteiger partial charge in [-0.15, -0.1) is 0 Å². The first-order valence-electron chi connectivity index (χ1n) is 8.29. The monoisotopic (exact) mass is 264 g/mol. The van der Waals surface area contributed by atoms with Gasteiger partial charge in [0.25, 0.3) is 0 Å². The van der Waals surface area contributed by atoms with Crippen molar-refractivity contribution in [1.29, 1.82) is 0 Å². The molecule has 0 aromatic heterocycles. The van der Waals surface area contributed by atoms with Gasteiger partial charge in [-0.3, -0.25) is 4.90 Å². The van der Waals surface area contributed by atoms with E-state index >= 15 is 0 Å². The molecule has 4 rings (SSSR count). The van der Waals surface area contributed by atoms with Gasteiger partial charge in [0.05, 0.1) is 6.10 Å². The van der Waals surface area contributed by atoms with Gasteiger partial charge in [0, 0.05) is 42.6 Å². The van der Waals surface area contributed by atoms with Gasteiger partial charge in [-0.05, 0) is 32.2 Å². The van der Waals surface area contributed by atoms with Crippen LogP contribution in [0.15, 0.2) is 0 Å². The highest BCUT2D eigenvalue weighted by atomic mass is 16.5. The van der Waals surface area contributed by atoms with Crippen molar-refractivity contribution in [2.24, 2.45) is 11.3 Å². The third kappa shape index (κ3) is 1.81. The Kier molecular flexibility index (Phi) is 2.95. The van der Waals surface area contributed by atoms with Crippen LogP contribution in [0.4, 0.5) is 0 Å². The van der Waals surface area contributed by atoms with Crippen molar-refractivity contribution in [3.05, 3.63) is 0 Å². The van der Waals surface area contributed by atoms with Gasteiger partial charge in [-0.25, -0.2) is 0 Å². The van der Waals surface area contributed by atoms with Crippen molar-refractivity contribution < 1.29 is 4.74 Å². The lowest BCUT2D eigenvalue weighted by Crippen LogP contribution is -2.68. The van der Waals surface area contributed by atoms with Crippen LogP contribution in [0, 0.1) is 11.3 Å². The number of hydrogen-bond donors (Lipinski definition) is 1. The van der Waals surface area contributed by atoms with Gasteiger partial charge in [0.2, 0.25) is 0 Å². The average molecular weight is 264 g/mol. The Balaban J connectivity index is 1.44. The summed E-state index contributed by atoms with van der Waals surface area (Å²) in [5.41, 5.74) is 0.337.